The summed E-state index contributed by atoms with van der Waals surface area (Å²) in [6.07, 6.45) is 3.38. The van der Waals surface area contributed by atoms with Crippen molar-refractivity contribution in [3.05, 3.63) is 29.8 Å². The summed E-state index contributed by atoms with van der Waals surface area (Å²) in [5.74, 6) is 0. The summed E-state index contributed by atoms with van der Waals surface area (Å²) in [4.78, 5) is 3.81. The molecule has 19 heavy (non-hydrogen) atoms. The van der Waals surface area contributed by atoms with Crippen LogP contribution in [0.15, 0.2) is 29.2 Å². The number of rotatable bonds is 5. The Morgan fingerprint density at radius 2 is 2.11 bits per heavy atom. The van der Waals surface area contributed by atoms with Crippen LogP contribution < -0.4 is 5.73 Å². The van der Waals surface area contributed by atoms with Crippen molar-refractivity contribution in [1.29, 1.82) is 0 Å². The molecule has 1 aromatic rings. The van der Waals surface area contributed by atoms with Crippen LogP contribution in [0.1, 0.15) is 24.9 Å². The van der Waals surface area contributed by atoms with Gasteiger partial charge in [-0.3, -0.25) is 4.90 Å². The van der Waals surface area contributed by atoms with Crippen LogP contribution in [0.3, 0.4) is 0 Å². The summed E-state index contributed by atoms with van der Waals surface area (Å²) >= 11 is 1.77. The highest BCUT2D eigenvalue weighted by Gasteiger charge is 2.32. The molecule has 0 saturated carbocycles. The predicted molar refractivity (Wildman–Crippen MR) is 81.6 cm³/mol. The topological polar surface area (TPSA) is 38.5 Å². The van der Waals surface area contributed by atoms with E-state index in [1.54, 1.807) is 11.8 Å². The number of ether oxygens (including phenoxy) is 1. The molecule has 2 N–H and O–H groups in total. The van der Waals surface area contributed by atoms with Gasteiger partial charge in [0.2, 0.25) is 0 Å². The molecule has 3 nitrogen and oxygen atoms in total. The van der Waals surface area contributed by atoms with Crippen molar-refractivity contribution in [2.45, 2.75) is 30.4 Å². The lowest BCUT2D eigenvalue weighted by molar-refractivity contribution is -0.0676. The van der Waals surface area contributed by atoms with Crippen molar-refractivity contribution < 1.29 is 4.74 Å². The summed E-state index contributed by atoms with van der Waals surface area (Å²) in [6, 6.07) is 9.11. The van der Waals surface area contributed by atoms with Crippen LogP contribution in [-0.4, -0.2) is 43.5 Å². The second-order valence-corrected chi connectivity index (χ2v) is 5.78. The second-order valence-electron chi connectivity index (χ2n) is 4.90. The van der Waals surface area contributed by atoms with E-state index < -0.39 is 0 Å². The van der Waals surface area contributed by atoms with Gasteiger partial charge in [-0.1, -0.05) is 19.1 Å². The van der Waals surface area contributed by atoms with E-state index in [0.717, 1.165) is 26.1 Å². The minimum atomic E-state index is 0.112. The van der Waals surface area contributed by atoms with Crippen molar-refractivity contribution >= 4 is 11.8 Å². The van der Waals surface area contributed by atoms with Gasteiger partial charge in [-0.25, -0.2) is 0 Å². The van der Waals surface area contributed by atoms with Crippen LogP contribution in [0, 0.1) is 0 Å². The summed E-state index contributed by atoms with van der Waals surface area (Å²) in [5.41, 5.74) is 7.21. The van der Waals surface area contributed by atoms with Crippen LogP contribution in [0.4, 0.5) is 0 Å². The molecule has 1 aliphatic heterocycles. The Bertz CT molecular complexity index is 380. The number of thioether (sulfide) groups is 1. The van der Waals surface area contributed by atoms with Gasteiger partial charge >= 0.3 is 0 Å². The SMILES string of the molecule is CCCN1CCOC(CN)C1c1ccc(SC)cc1. The van der Waals surface area contributed by atoms with E-state index in [-0.39, 0.29) is 6.10 Å². The zero-order chi connectivity index (χ0) is 13.7. The third-order valence-corrected chi connectivity index (χ3v) is 4.40. The molecule has 0 spiro atoms. The fourth-order valence-electron chi connectivity index (χ4n) is 2.75. The van der Waals surface area contributed by atoms with E-state index in [0.29, 0.717) is 12.6 Å². The standard InChI is InChI=1S/C15H24N2OS/c1-3-8-17-9-10-18-14(11-16)15(17)12-4-6-13(19-2)7-5-12/h4-7,14-15H,3,8-11,16H2,1-2H3. The zero-order valence-corrected chi connectivity index (χ0v) is 12.7. The van der Waals surface area contributed by atoms with Gasteiger partial charge in [0.25, 0.3) is 0 Å². The minimum Gasteiger partial charge on any atom is -0.374 e. The molecular weight excluding hydrogens is 256 g/mol. The fourth-order valence-corrected chi connectivity index (χ4v) is 3.16. The quantitative estimate of drug-likeness (QED) is 0.841. The number of hydrogen-bond acceptors (Lipinski definition) is 4. The third kappa shape index (κ3) is 3.51. The van der Waals surface area contributed by atoms with Crippen molar-refractivity contribution in [3.63, 3.8) is 0 Å². The first-order chi connectivity index (χ1) is 9.30. The van der Waals surface area contributed by atoms with Gasteiger partial charge in [0.15, 0.2) is 0 Å². The van der Waals surface area contributed by atoms with Crippen LogP contribution in [0.5, 0.6) is 0 Å². The molecule has 1 saturated heterocycles. The van der Waals surface area contributed by atoms with Gasteiger partial charge < -0.3 is 10.5 Å². The normalized spacial score (nSPS) is 24.6. The van der Waals surface area contributed by atoms with Crippen molar-refractivity contribution in [3.8, 4) is 0 Å². The van der Waals surface area contributed by atoms with E-state index >= 15 is 0 Å². The fraction of sp³-hybridized carbons (Fsp3) is 0.600. The van der Waals surface area contributed by atoms with Gasteiger partial charge in [0.05, 0.1) is 18.8 Å². The molecule has 0 amide bonds. The third-order valence-electron chi connectivity index (χ3n) is 3.66. The lowest BCUT2D eigenvalue weighted by atomic mass is 9.98. The van der Waals surface area contributed by atoms with Crippen molar-refractivity contribution in [1.82, 2.24) is 4.90 Å². The monoisotopic (exact) mass is 280 g/mol. The van der Waals surface area contributed by atoms with Crippen LogP contribution >= 0.6 is 11.8 Å². The van der Waals surface area contributed by atoms with E-state index in [1.165, 1.54) is 10.5 Å². The molecule has 2 unspecified atom stereocenters. The molecule has 2 rings (SSSR count). The largest absolute Gasteiger partial charge is 0.374 e. The number of nitrogens with zero attached hydrogens (tertiary/aromatic N) is 1. The summed E-state index contributed by atoms with van der Waals surface area (Å²) < 4.78 is 5.86. The van der Waals surface area contributed by atoms with Gasteiger partial charge in [-0.15, -0.1) is 11.8 Å². The summed E-state index contributed by atoms with van der Waals surface area (Å²) in [5, 5.41) is 0. The number of benzene rings is 1. The number of nitrogens with two attached hydrogens (primary N) is 1. The summed E-state index contributed by atoms with van der Waals surface area (Å²) in [6.45, 7) is 5.70. The van der Waals surface area contributed by atoms with Crippen LogP contribution in [0.2, 0.25) is 0 Å². The Kier molecular flexibility index (Phi) is 5.70. The van der Waals surface area contributed by atoms with Crippen LogP contribution in [-0.2, 0) is 4.74 Å². The minimum absolute atomic E-state index is 0.112. The lowest BCUT2D eigenvalue weighted by Gasteiger charge is -2.41. The highest BCUT2D eigenvalue weighted by molar-refractivity contribution is 7.98. The van der Waals surface area contributed by atoms with E-state index in [9.17, 15) is 0 Å². The maximum atomic E-state index is 5.89. The molecule has 106 valence electrons. The van der Waals surface area contributed by atoms with Gasteiger partial charge in [0.1, 0.15) is 0 Å². The summed E-state index contributed by atoms with van der Waals surface area (Å²) in [7, 11) is 0. The molecule has 1 aliphatic rings. The maximum absolute atomic E-state index is 5.89. The molecule has 0 radical (unpaired) electrons. The van der Waals surface area contributed by atoms with E-state index in [1.807, 2.05) is 0 Å². The smallest absolute Gasteiger partial charge is 0.0894 e. The predicted octanol–water partition coefficient (Wildman–Crippen LogP) is 2.52. The second kappa shape index (κ2) is 7.29. The molecule has 1 fully saturated rings. The Morgan fingerprint density at radius 1 is 1.37 bits per heavy atom. The van der Waals surface area contributed by atoms with Crippen molar-refractivity contribution in [2.75, 3.05) is 32.5 Å². The number of hydrogen-bond donors (Lipinski definition) is 1. The van der Waals surface area contributed by atoms with E-state index in [2.05, 4.69) is 42.3 Å². The Balaban J connectivity index is 2.22. The molecule has 2 atom stereocenters. The molecule has 0 bridgehead atoms. The molecule has 4 heteroatoms. The number of morpholine rings is 1. The Morgan fingerprint density at radius 3 is 2.68 bits per heavy atom. The molecule has 1 aromatic carbocycles. The van der Waals surface area contributed by atoms with Gasteiger partial charge in [-0.05, 0) is 36.9 Å². The first-order valence-electron chi connectivity index (χ1n) is 6.99. The van der Waals surface area contributed by atoms with Gasteiger partial charge in [0, 0.05) is 18.0 Å². The molecular formula is C15H24N2OS. The van der Waals surface area contributed by atoms with E-state index in [4.69, 9.17) is 10.5 Å². The first kappa shape index (κ1) is 14.9. The molecule has 0 aromatic heterocycles. The average Bonchev–Trinajstić information content (AvgIpc) is 2.47. The van der Waals surface area contributed by atoms with Crippen LogP contribution in [0.25, 0.3) is 0 Å². The lowest BCUT2D eigenvalue weighted by Crippen LogP contribution is -2.48. The molecule has 0 aliphatic carbocycles. The maximum Gasteiger partial charge on any atom is 0.0894 e. The average molecular weight is 280 g/mol. The highest BCUT2D eigenvalue weighted by atomic mass is 32.2. The Hall–Kier alpha value is -0.550. The molecule has 1 heterocycles. The van der Waals surface area contributed by atoms with Crippen molar-refractivity contribution in [2.24, 2.45) is 5.73 Å². The highest BCUT2D eigenvalue weighted by Crippen LogP contribution is 2.30. The first-order valence-corrected chi connectivity index (χ1v) is 8.22. The van der Waals surface area contributed by atoms with Gasteiger partial charge in [-0.2, -0.15) is 0 Å². The zero-order valence-electron chi connectivity index (χ0n) is 11.8. The Labute approximate surface area is 120 Å².